The van der Waals surface area contributed by atoms with E-state index in [1.165, 1.54) is 51.4 Å². The van der Waals surface area contributed by atoms with Crippen molar-refractivity contribution in [2.45, 2.75) is 56.9 Å². The molecule has 0 aliphatic heterocycles. The van der Waals surface area contributed by atoms with Crippen LogP contribution >= 0.6 is 0 Å². The number of hydrogen-bond acceptors (Lipinski definition) is 1. The first kappa shape index (κ1) is 7.60. The van der Waals surface area contributed by atoms with E-state index in [-0.39, 0.29) is 5.54 Å². The number of rotatable bonds is 1. The van der Waals surface area contributed by atoms with Gasteiger partial charge in [-0.2, -0.15) is 0 Å². The van der Waals surface area contributed by atoms with Crippen molar-refractivity contribution in [3.8, 4) is 0 Å². The van der Waals surface area contributed by atoms with Gasteiger partial charge in [-0.05, 0) is 31.6 Å². The van der Waals surface area contributed by atoms with Gasteiger partial charge in [0.1, 0.15) is 0 Å². The van der Waals surface area contributed by atoms with Crippen LogP contribution in [0.25, 0.3) is 0 Å². The maximum Gasteiger partial charge on any atom is 0.0182 e. The third kappa shape index (κ3) is 1.31. The molecule has 2 rings (SSSR count). The second-order valence-electron chi connectivity index (χ2n) is 4.42. The van der Waals surface area contributed by atoms with Crippen molar-refractivity contribution in [2.24, 2.45) is 11.7 Å². The highest BCUT2D eigenvalue weighted by molar-refractivity contribution is 4.96. The lowest BCUT2D eigenvalue weighted by Gasteiger charge is -2.30. The monoisotopic (exact) mass is 153 g/mol. The molecule has 0 atom stereocenters. The van der Waals surface area contributed by atoms with Gasteiger partial charge in [-0.3, -0.25) is 0 Å². The Hall–Kier alpha value is -0.0400. The van der Waals surface area contributed by atoms with Crippen molar-refractivity contribution in [1.29, 1.82) is 0 Å². The van der Waals surface area contributed by atoms with Gasteiger partial charge in [0, 0.05) is 5.54 Å². The third-order valence-electron chi connectivity index (χ3n) is 3.70. The summed E-state index contributed by atoms with van der Waals surface area (Å²) in [5, 5.41) is 0. The highest BCUT2D eigenvalue weighted by atomic mass is 14.8. The first-order chi connectivity index (χ1) is 5.31. The van der Waals surface area contributed by atoms with Crippen molar-refractivity contribution in [2.75, 3.05) is 0 Å². The predicted molar refractivity (Wildman–Crippen MR) is 47.3 cm³/mol. The summed E-state index contributed by atoms with van der Waals surface area (Å²) in [5.41, 5.74) is 6.64. The summed E-state index contributed by atoms with van der Waals surface area (Å²) in [5.74, 6) is 0.880. The van der Waals surface area contributed by atoms with E-state index < -0.39 is 0 Å². The molecule has 0 amide bonds. The molecule has 0 spiro atoms. The largest absolute Gasteiger partial charge is 0.325 e. The van der Waals surface area contributed by atoms with E-state index in [1.807, 2.05) is 0 Å². The van der Waals surface area contributed by atoms with E-state index in [4.69, 9.17) is 5.73 Å². The maximum atomic E-state index is 6.36. The fraction of sp³-hybridized carbons (Fsp3) is 1.00. The molecule has 11 heavy (non-hydrogen) atoms. The molecule has 2 aliphatic carbocycles. The SMILES string of the molecule is NC1(C2CCCC2)CCCC1. The Morgan fingerprint density at radius 3 is 2.00 bits per heavy atom. The summed E-state index contributed by atoms with van der Waals surface area (Å²) < 4.78 is 0. The second kappa shape index (κ2) is 2.78. The molecule has 1 nitrogen and oxygen atoms in total. The van der Waals surface area contributed by atoms with Gasteiger partial charge in [-0.25, -0.2) is 0 Å². The van der Waals surface area contributed by atoms with Crippen LogP contribution in [-0.2, 0) is 0 Å². The molecule has 0 aromatic heterocycles. The van der Waals surface area contributed by atoms with Crippen molar-refractivity contribution >= 4 is 0 Å². The van der Waals surface area contributed by atoms with Crippen LogP contribution < -0.4 is 5.73 Å². The summed E-state index contributed by atoms with van der Waals surface area (Å²) in [4.78, 5) is 0. The molecule has 2 fully saturated rings. The fourth-order valence-corrected chi connectivity index (χ4v) is 2.94. The molecule has 2 aliphatic rings. The summed E-state index contributed by atoms with van der Waals surface area (Å²) in [6.07, 6.45) is 11.1. The van der Waals surface area contributed by atoms with Crippen LogP contribution in [0.1, 0.15) is 51.4 Å². The summed E-state index contributed by atoms with van der Waals surface area (Å²) in [6.45, 7) is 0. The van der Waals surface area contributed by atoms with E-state index in [1.54, 1.807) is 0 Å². The van der Waals surface area contributed by atoms with Crippen molar-refractivity contribution < 1.29 is 0 Å². The van der Waals surface area contributed by atoms with Gasteiger partial charge in [0.05, 0.1) is 0 Å². The Morgan fingerprint density at radius 1 is 0.909 bits per heavy atom. The minimum absolute atomic E-state index is 0.274. The Morgan fingerprint density at radius 2 is 1.45 bits per heavy atom. The van der Waals surface area contributed by atoms with E-state index in [9.17, 15) is 0 Å². The topological polar surface area (TPSA) is 26.0 Å². The average Bonchev–Trinajstić information content (AvgIpc) is 2.55. The normalized spacial score (nSPS) is 31.4. The Bertz CT molecular complexity index is 130. The zero-order chi connectivity index (χ0) is 7.73. The minimum atomic E-state index is 0.274. The lowest BCUT2D eigenvalue weighted by molar-refractivity contribution is 0.281. The minimum Gasteiger partial charge on any atom is -0.325 e. The molecule has 0 unspecified atom stereocenters. The first-order valence-corrected chi connectivity index (χ1v) is 5.10. The van der Waals surface area contributed by atoms with Crippen LogP contribution in [0.5, 0.6) is 0 Å². The smallest absolute Gasteiger partial charge is 0.0182 e. The highest BCUT2D eigenvalue weighted by Gasteiger charge is 2.38. The molecule has 1 heteroatoms. The van der Waals surface area contributed by atoms with Crippen molar-refractivity contribution in [1.82, 2.24) is 0 Å². The molecule has 2 N–H and O–H groups in total. The molecular formula is C10H19N. The zero-order valence-corrected chi connectivity index (χ0v) is 7.31. The molecule has 0 heterocycles. The number of hydrogen-bond donors (Lipinski definition) is 1. The second-order valence-corrected chi connectivity index (χ2v) is 4.42. The Balaban J connectivity index is 2.00. The molecule has 2 saturated carbocycles. The van der Waals surface area contributed by atoms with Crippen molar-refractivity contribution in [3.05, 3.63) is 0 Å². The highest BCUT2D eigenvalue weighted by Crippen LogP contribution is 2.41. The van der Waals surface area contributed by atoms with Crippen LogP contribution in [-0.4, -0.2) is 5.54 Å². The fourth-order valence-electron chi connectivity index (χ4n) is 2.94. The van der Waals surface area contributed by atoms with Crippen molar-refractivity contribution in [3.63, 3.8) is 0 Å². The molecule has 64 valence electrons. The molecule has 0 saturated heterocycles. The van der Waals surface area contributed by atoms with Gasteiger partial charge < -0.3 is 5.73 Å². The van der Waals surface area contributed by atoms with E-state index >= 15 is 0 Å². The van der Waals surface area contributed by atoms with Gasteiger partial charge in [-0.1, -0.05) is 25.7 Å². The Labute approximate surface area is 69.4 Å². The van der Waals surface area contributed by atoms with Crippen LogP contribution in [0.15, 0.2) is 0 Å². The Kier molecular flexibility index (Phi) is 1.92. The van der Waals surface area contributed by atoms with Gasteiger partial charge in [0.2, 0.25) is 0 Å². The first-order valence-electron chi connectivity index (χ1n) is 5.10. The van der Waals surface area contributed by atoms with Gasteiger partial charge in [-0.15, -0.1) is 0 Å². The van der Waals surface area contributed by atoms with Crippen LogP contribution in [0.2, 0.25) is 0 Å². The van der Waals surface area contributed by atoms with Crippen LogP contribution in [0.3, 0.4) is 0 Å². The van der Waals surface area contributed by atoms with Gasteiger partial charge in [0.25, 0.3) is 0 Å². The number of nitrogens with two attached hydrogens (primary N) is 1. The van der Waals surface area contributed by atoms with Gasteiger partial charge >= 0.3 is 0 Å². The maximum absolute atomic E-state index is 6.36. The summed E-state index contributed by atoms with van der Waals surface area (Å²) in [6, 6.07) is 0. The lowest BCUT2D eigenvalue weighted by atomic mass is 9.82. The zero-order valence-electron chi connectivity index (χ0n) is 7.31. The quantitative estimate of drug-likeness (QED) is 0.615. The molecule has 0 aromatic carbocycles. The summed E-state index contributed by atoms with van der Waals surface area (Å²) >= 11 is 0. The standard InChI is InChI=1S/C10H19N/c11-10(7-3-4-8-10)9-5-1-2-6-9/h9H,1-8,11H2. The molecule has 0 radical (unpaired) electrons. The van der Waals surface area contributed by atoms with E-state index in [0.717, 1.165) is 5.92 Å². The predicted octanol–water partition coefficient (Wildman–Crippen LogP) is 2.45. The lowest BCUT2D eigenvalue weighted by Crippen LogP contribution is -2.43. The van der Waals surface area contributed by atoms with E-state index in [0.29, 0.717) is 0 Å². The van der Waals surface area contributed by atoms with Crippen LogP contribution in [0, 0.1) is 5.92 Å². The summed E-state index contributed by atoms with van der Waals surface area (Å²) in [7, 11) is 0. The van der Waals surface area contributed by atoms with Crippen LogP contribution in [0.4, 0.5) is 0 Å². The third-order valence-corrected chi connectivity index (χ3v) is 3.70. The molecular weight excluding hydrogens is 134 g/mol. The average molecular weight is 153 g/mol. The van der Waals surface area contributed by atoms with Gasteiger partial charge in [0.15, 0.2) is 0 Å². The molecule has 0 aromatic rings. The molecule has 0 bridgehead atoms. The van der Waals surface area contributed by atoms with E-state index in [2.05, 4.69) is 0 Å².